The van der Waals surface area contributed by atoms with E-state index >= 15 is 0 Å². The number of amides is 2. The number of nitrogens with zero attached hydrogens (tertiary/aromatic N) is 5. The molecule has 3 heterocycles. The van der Waals surface area contributed by atoms with Crippen LogP contribution in [-0.2, 0) is 31.4 Å². The summed E-state index contributed by atoms with van der Waals surface area (Å²) >= 11 is 0. The van der Waals surface area contributed by atoms with Crippen LogP contribution >= 0.6 is 0 Å². The Bertz CT molecular complexity index is 1440. The fourth-order valence-corrected chi connectivity index (χ4v) is 4.40. The molecular formula is C25H22N6O2. The van der Waals surface area contributed by atoms with Gasteiger partial charge in [-0.15, -0.1) is 0 Å². The Balaban J connectivity index is 1.44. The zero-order valence-electron chi connectivity index (χ0n) is 18.2. The van der Waals surface area contributed by atoms with Crippen molar-refractivity contribution >= 4 is 28.4 Å². The van der Waals surface area contributed by atoms with Gasteiger partial charge in [0.05, 0.1) is 37.3 Å². The second kappa shape index (κ2) is 7.95. The molecule has 0 bridgehead atoms. The van der Waals surface area contributed by atoms with E-state index in [4.69, 9.17) is 17.4 Å². The first kappa shape index (κ1) is 20.5. The second-order valence-electron chi connectivity index (χ2n) is 8.23. The normalized spacial score (nSPS) is 13.0. The molecule has 2 aromatic carbocycles. The first-order valence-corrected chi connectivity index (χ1v) is 10.6. The van der Waals surface area contributed by atoms with E-state index in [0.717, 1.165) is 22.0 Å². The van der Waals surface area contributed by atoms with Crippen LogP contribution in [0.25, 0.3) is 27.0 Å². The number of benzene rings is 2. The van der Waals surface area contributed by atoms with Gasteiger partial charge in [-0.1, -0.05) is 30.3 Å². The summed E-state index contributed by atoms with van der Waals surface area (Å²) in [5.41, 5.74) is 10.7. The molecule has 8 nitrogen and oxygen atoms in total. The molecule has 0 saturated heterocycles. The molecule has 33 heavy (non-hydrogen) atoms. The van der Waals surface area contributed by atoms with Crippen LogP contribution in [0.15, 0.2) is 54.7 Å². The van der Waals surface area contributed by atoms with E-state index in [-0.39, 0.29) is 18.9 Å². The van der Waals surface area contributed by atoms with Crippen LogP contribution in [0.4, 0.5) is 5.69 Å². The minimum atomic E-state index is -0.552. The molecule has 4 aromatic rings. The summed E-state index contributed by atoms with van der Waals surface area (Å²) in [4.78, 5) is 30.5. The van der Waals surface area contributed by atoms with E-state index < -0.39 is 5.91 Å². The summed E-state index contributed by atoms with van der Waals surface area (Å²) in [6.07, 6.45) is 2.22. The number of carbonyl (C=O) groups is 2. The average molecular weight is 438 g/mol. The van der Waals surface area contributed by atoms with Gasteiger partial charge in [-0.25, -0.2) is 4.85 Å². The smallest absolute Gasteiger partial charge is 0.252 e. The quantitative estimate of drug-likeness (QED) is 0.496. The van der Waals surface area contributed by atoms with Crippen molar-refractivity contribution in [3.8, 4) is 11.3 Å². The van der Waals surface area contributed by atoms with Crippen LogP contribution in [0, 0.1) is 6.57 Å². The van der Waals surface area contributed by atoms with E-state index in [0.29, 0.717) is 35.7 Å². The number of carbonyl (C=O) groups excluding carboxylic acids is 2. The molecule has 0 aliphatic carbocycles. The van der Waals surface area contributed by atoms with Crippen molar-refractivity contribution in [2.45, 2.75) is 19.5 Å². The molecule has 2 amide bonds. The van der Waals surface area contributed by atoms with Gasteiger partial charge in [0.1, 0.15) is 5.69 Å². The van der Waals surface area contributed by atoms with Gasteiger partial charge >= 0.3 is 0 Å². The number of rotatable bonds is 4. The molecule has 2 aromatic heterocycles. The van der Waals surface area contributed by atoms with Crippen molar-refractivity contribution in [1.82, 2.24) is 19.2 Å². The fraction of sp³-hybridized carbons (Fsp3) is 0.200. The number of hydrogen-bond donors (Lipinski definition) is 1. The largest absolute Gasteiger partial charge is 0.365 e. The van der Waals surface area contributed by atoms with Crippen molar-refractivity contribution in [3.63, 3.8) is 0 Å². The molecule has 1 aliphatic rings. The standard InChI is InChI=1S/C25H22N6O2/c1-27-19-6-3-16(4-7-19)13-22(32)30-11-12-31-21(15-30)23(25(26)33)24(28-31)18-5-8-20-17(14-18)9-10-29(20)2/h3-10,14H,11-13,15H2,2H3,(H2,26,33). The van der Waals surface area contributed by atoms with Gasteiger partial charge in [-0.3, -0.25) is 14.3 Å². The van der Waals surface area contributed by atoms with Crippen molar-refractivity contribution in [2.75, 3.05) is 6.54 Å². The predicted octanol–water partition coefficient (Wildman–Crippen LogP) is 3.28. The van der Waals surface area contributed by atoms with Gasteiger partial charge in [0, 0.05) is 36.3 Å². The Morgan fingerprint density at radius 2 is 1.91 bits per heavy atom. The van der Waals surface area contributed by atoms with Gasteiger partial charge in [-0.05, 0) is 23.8 Å². The number of aromatic nitrogens is 3. The van der Waals surface area contributed by atoms with Gasteiger partial charge < -0.3 is 15.2 Å². The summed E-state index contributed by atoms with van der Waals surface area (Å²) in [5.74, 6) is -0.593. The number of nitrogens with two attached hydrogens (primary N) is 1. The number of hydrogen-bond acceptors (Lipinski definition) is 3. The first-order valence-electron chi connectivity index (χ1n) is 10.6. The molecule has 0 fully saturated rings. The Hall–Kier alpha value is -4.38. The zero-order chi connectivity index (χ0) is 23.1. The molecule has 0 atom stereocenters. The topological polar surface area (TPSA) is 90.5 Å². The molecule has 1 aliphatic heterocycles. The SMILES string of the molecule is [C-]#[N+]c1ccc(CC(=O)N2CCn3nc(-c4ccc5c(ccn5C)c4)c(C(N)=O)c3C2)cc1. The van der Waals surface area contributed by atoms with E-state index in [2.05, 4.69) is 4.85 Å². The van der Waals surface area contributed by atoms with Gasteiger partial charge in [0.25, 0.3) is 5.91 Å². The summed E-state index contributed by atoms with van der Waals surface area (Å²) < 4.78 is 3.82. The van der Waals surface area contributed by atoms with Gasteiger partial charge in [0.15, 0.2) is 5.69 Å². The van der Waals surface area contributed by atoms with Crippen LogP contribution < -0.4 is 5.73 Å². The van der Waals surface area contributed by atoms with E-state index in [1.165, 1.54) is 0 Å². The number of aryl methyl sites for hydroxylation is 1. The van der Waals surface area contributed by atoms with Crippen molar-refractivity contribution in [1.29, 1.82) is 0 Å². The maximum Gasteiger partial charge on any atom is 0.252 e. The molecule has 5 rings (SSSR count). The number of primary amides is 1. The highest BCUT2D eigenvalue weighted by Gasteiger charge is 2.29. The maximum absolute atomic E-state index is 13.0. The van der Waals surface area contributed by atoms with Crippen LogP contribution in [0.2, 0.25) is 0 Å². The Morgan fingerprint density at radius 3 is 2.64 bits per heavy atom. The molecule has 0 saturated carbocycles. The Morgan fingerprint density at radius 1 is 1.12 bits per heavy atom. The van der Waals surface area contributed by atoms with Crippen LogP contribution in [0.1, 0.15) is 21.6 Å². The monoisotopic (exact) mass is 438 g/mol. The third kappa shape index (κ3) is 3.64. The zero-order valence-corrected chi connectivity index (χ0v) is 18.2. The highest BCUT2D eigenvalue weighted by Crippen LogP contribution is 2.30. The third-order valence-electron chi connectivity index (χ3n) is 6.16. The van der Waals surface area contributed by atoms with E-state index in [9.17, 15) is 9.59 Å². The maximum atomic E-state index is 13.0. The van der Waals surface area contributed by atoms with E-state index in [1.54, 1.807) is 33.8 Å². The highest BCUT2D eigenvalue weighted by atomic mass is 16.2. The summed E-state index contributed by atoms with van der Waals surface area (Å²) in [6, 6.07) is 15.0. The molecule has 0 radical (unpaired) electrons. The van der Waals surface area contributed by atoms with Gasteiger partial charge in [-0.2, -0.15) is 5.10 Å². The van der Waals surface area contributed by atoms with Gasteiger partial charge in [0.2, 0.25) is 5.91 Å². The highest BCUT2D eigenvalue weighted by molar-refractivity contribution is 6.01. The molecule has 8 heteroatoms. The lowest BCUT2D eigenvalue weighted by molar-refractivity contribution is -0.132. The third-order valence-corrected chi connectivity index (χ3v) is 6.16. The molecule has 0 unspecified atom stereocenters. The average Bonchev–Trinajstić information content (AvgIpc) is 3.39. The fourth-order valence-electron chi connectivity index (χ4n) is 4.40. The van der Waals surface area contributed by atoms with Crippen LogP contribution in [0.5, 0.6) is 0 Å². The number of fused-ring (bicyclic) bond motifs is 2. The summed E-state index contributed by atoms with van der Waals surface area (Å²) in [7, 11) is 1.98. The predicted molar refractivity (Wildman–Crippen MR) is 124 cm³/mol. The Labute approximate surface area is 190 Å². The van der Waals surface area contributed by atoms with Crippen molar-refractivity contribution in [2.24, 2.45) is 12.8 Å². The van der Waals surface area contributed by atoms with Crippen LogP contribution in [0.3, 0.4) is 0 Å². The van der Waals surface area contributed by atoms with Crippen molar-refractivity contribution < 1.29 is 9.59 Å². The van der Waals surface area contributed by atoms with Crippen LogP contribution in [-0.4, -0.2) is 37.6 Å². The van der Waals surface area contributed by atoms with E-state index in [1.807, 2.05) is 42.1 Å². The lowest BCUT2D eigenvalue weighted by Crippen LogP contribution is -2.40. The Kier molecular flexibility index (Phi) is 4.94. The molecule has 0 spiro atoms. The summed E-state index contributed by atoms with van der Waals surface area (Å²) in [6.45, 7) is 8.32. The molecule has 2 N–H and O–H groups in total. The molecular weight excluding hydrogens is 416 g/mol. The minimum absolute atomic E-state index is 0.0410. The molecule has 164 valence electrons. The lowest BCUT2D eigenvalue weighted by Gasteiger charge is -2.28. The minimum Gasteiger partial charge on any atom is -0.365 e. The summed E-state index contributed by atoms with van der Waals surface area (Å²) in [5, 5.41) is 5.75. The lowest BCUT2D eigenvalue weighted by atomic mass is 10.0. The first-order chi connectivity index (χ1) is 15.9. The second-order valence-corrected chi connectivity index (χ2v) is 8.23. The van der Waals surface area contributed by atoms with Crippen molar-refractivity contribution in [3.05, 3.63) is 83.0 Å².